The Bertz CT molecular complexity index is 892. The number of benzene rings is 2. The maximum absolute atomic E-state index is 12.2. The summed E-state index contributed by atoms with van der Waals surface area (Å²) in [6, 6.07) is 14.3. The Balaban J connectivity index is 1.70. The summed E-state index contributed by atoms with van der Waals surface area (Å²) >= 11 is 1.23. The van der Waals surface area contributed by atoms with Gasteiger partial charge in [0.1, 0.15) is 0 Å². The smallest absolute Gasteiger partial charge is 0.270 e. The Morgan fingerprint density at radius 3 is 2.75 bits per heavy atom. The fourth-order valence-corrected chi connectivity index (χ4v) is 3.34. The molecule has 1 N–H and O–H groups in total. The molecule has 0 aliphatic rings. The number of thiazole rings is 1. The number of aromatic nitrogens is 1. The van der Waals surface area contributed by atoms with Crippen LogP contribution in [0.5, 0.6) is 0 Å². The molecule has 1 aromatic heterocycles. The van der Waals surface area contributed by atoms with Gasteiger partial charge in [0, 0.05) is 18.6 Å². The van der Waals surface area contributed by atoms with Crippen LogP contribution in [0.2, 0.25) is 0 Å². The van der Waals surface area contributed by atoms with E-state index in [-0.39, 0.29) is 17.5 Å². The van der Waals surface area contributed by atoms with Gasteiger partial charge >= 0.3 is 0 Å². The third kappa shape index (κ3) is 3.57. The van der Waals surface area contributed by atoms with E-state index < -0.39 is 4.92 Å². The van der Waals surface area contributed by atoms with E-state index in [0.29, 0.717) is 21.8 Å². The number of nitrogens with one attached hydrogen (secondary N) is 1. The first kappa shape index (κ1) is 16.1. The number of rotatable bonds is 5. The normalized spacial score (nSPS) is 12.0. The highest BCUT2D eigenvalue weighted by atomic mass is 32.1. The first-order valence-corrected chi connectivity index (χ1v) is 8.24. The van der Waals surface area contributed by atoms with Crippen molar-refractivity contribution in [2.75, 3.05) is 5.32 Å². The quantitative estimate of drug-likeness (QED) is 0.552. The number of nitro groups is 1. The summed E-state index contributed by atoms with van der Waals surface area (Å²) in [7, 11) is 0. The van der Waals surface area contributed by atoms with Gasteiger partial charge in [0.05, 0.1) is 15.1 Å². The molecular weight excluding hydrogens is 326 g/mol. The molecule has 0 aliphatic heterocycles. The van der Waals surface area contributed by atoms with Crippen molar-refractivity contribution >= 4 is 38.3 Å². The van der Waals surface area contributed by atoms with Crippen LogP contribution in [0.4, 0.5) is 10.8 Å². The Hall–Kier alpha value is -2.80. The average Bonchev–Trinajstić information content (AvgIpc) is 2.96. The van der Waals surface area contributed by atoms with Gasteiger partial charge in [-0.15, -0.1) is 0 Å². The van der Waals surface area contributed by atoms with E-state index in [2.05, 4.69) is 10.3 Å². The van der Waals surface area contributed by atoms with E-state index in [0.717, 1.165) is 5.56 Å². The Morgan fingerprint density at radius 2 is 2.04 bits per heavy atom. The van der Waals surface area contributed by atoms with Crippen molar-refractivity contribution in [3.63, 3.8) is 0 Å². The molecule has 1 heterocycles. The zero-order valence-corrected chi connectivity index (χ0v) is 13.7. The lowest BCUT2D eigenvalue weighted by atomic mass is 9.98. The first-order valence-electron chi connectivity index (χ1n) is 7.42. The van der Waals surface area contributed by atoms with Crippen molar-refractivity contribution in [1.82, 2.24) is 4.98 Å². The molecule has 0 saturated carbocycles. The van der Waals surface area contributed by atoms with Crippen molar-refractivity contribution in [3.8, 4) is 0 Å². The second kappa shape index (κ2) is 6.76. The van der Waals surface area contributed by atoms with Crippen LogP contribution < -0.4 is 5.32 Å². The summed E-state index contributed by atoms with van der Waals surface area (Å²) in [6.45, 7) is 2.00. The molecule has 122 valence electrons. The number of carbonyl (C=O) groups excluding carboxylic acids is 1. The average molecular weight is 341 g/mol. The van der Waals surface area contributed by atoms with E-state index in [1.165, 1.54) is 23.5 Å². The van der Waals surface area contributed by atoms with Gasteiger partial charge in [-0.25, -0.2) is 4.98 Å². The molecule has 0 aliphatic carbocycles. The van der Waals surface area contributed by atoms with Gasteiger partial charge in [0.25, 0.3) is 5.69 Å². The van der Waals surface area contributed by atoms with Crippen LogP contribution >= 0.6 is 11.3 Å². The van der Waals surface area contributed by atoms with Crippen molar-refractivity contribution in [3.05, 3.63) is 64.2 Å². The van der Waals surface area contributed by atoms with E-state index in [1.54, 1.807) is 6.07 Å². The molecule has 0 spiro atoms. The fourth-order valence-electron chi connectivity index (χ4n) is 2.43. The van der Waals surface area contributed by atoms with Crippen molar-refractivity contribution in [1.29, 1.82) is 0 Å². The molecule has 3 rings (SSSR count). The van der Waals surface area contributed by atoms with Crippen LogP contribution in [-0.2, 0) is 4.79 Å². The summed E-state index contributed by atoms with van der Waals surface area (Å²) in [5.41, 5.74) is 1.76. The Morgan fingerprint density at radius 1 is 1.29 bits per heavy atom. The molecule has 1 amide bonds. The van der Waals surface area contributed by atoms with Crippen molar-refractivity contribution in [2.45, 2.75) is 19.3 Å². The SMILES string of the molecule is C[C@@H](CC(=O)Nc1nc2ccc([N+](=O)[O-])cc2s1)c1ccccc1. The molecule has 0 unspecified atom stereocenters. The molecule has 0 bridgehead atoms. The molecular formula is C17H15N3O3S. The summed E-state index contributed by atoms with van der Waals surface area (Å²) in [5, 5.41) is 14.0. The summed E-state index contributed by atoms with van der Waals surface area (Å²) < 4.78 is 0.676. The maximum atomic E-state index is 12.2. The zero-order chi connectivity index (χ0) is 17.1. The number of carbonyl (C=O) groups is 1. The minimum Gasteiger partial charge on any atom is -0.302 e. The summed E-state index contributed by atoms with van der Waals surface area (Å²) in [6.07, 6.45) is 0.347. The van der Waals surface area contributed by atoms with E-state index >= 15 is 0 Å². The lowest BCUT2D eigenvalue weighted by Crippen LogP contribution is -2.14. The standard InChI is InChI=1S/C17H15N3O3S/c1-11(12-5-3-2-4-6-12)9-16(21)19-17-18-14-8-7-13(20(22)23)10-15(14)24-17/h2-8,10-11H,9H2,1H3,(H,18,19,21)/t11-/m0/s1. The Kier molecular flexibility index (Phi) is 4.52. The summed E-state index contributed by atoms with van der Waals surface area (Å²) in [5.74, 6) is -0.0263. The second-order valence-electron chi connectivity index (χ2n) is 5.49. The van der Waals surface area contributed by atoms with Gasteiger partial charge in [-0.05, 0) is 17.5 Å². The van der Waals surface area contributed by atoms with Crippen LogP contribution in [0.25, 0.3) is 10.2 Å². The van der Waals surface area contributed by atoms with E-state index in [4.69, 9.17) is 0 Å². The second-order valence-corrected chi connectivity index (χ2v) is 6.52. The van der Waals surface area contributed by atoms with Crippen molar-refractivity contribution in [2.24, 2.45) is 0 Å². The molecule has 6 nitrogen and oxygen atoms in total. The molecule has 1 atom stereocenters. The van der Waals surface area contributed by atoms with Gasteiger partial charge in [-0.1, -0.05) is 48.6 Å². The summed E-state index contributed by atoms with van der Waals surface area (Å²) in [4.78, 5) is 26.9. The highest BCUT2D eigenvalue weighted by Crippen LogP contribution is 2.29. The van der Waals surface area contributed by atoms with Gasteiger partial charge < -0.3 is 5.32 Å². The largest absolute Gasteiger partial charge is 0.302 e. The van der Waals surface area contributed by atoms with Crippen molar-refractivity contribution < 1.29 is 9.72 Å². The monoisotopic (exact) mass is 341 g/mol. The van der Waals surface area contributed by atoms with Gasteiger partial charge in [0.2, 0.25) is 5.91 Å². The van der Waals surface area contributed by atoms with Gasteiger partial charge in [-0.2, -0.15) is 0 Å². The van der Waals surface area contributed by atoms with E-state index in [1.807, 2.05) is 37.3 Å². The van der Waals surface area contributed by atoms with Crippen LogP contribution in [0.3, 0.4) is 0 Å². The first-order chi connectivity index (χ1) is 11.5. The molecule has 2 aromatic carbocycles. The van der Waals surface area contributed by atoms with Gasteiger partial charge in [-0.3, -0.25) is 14.9 Å². The lowest BCUT2D eigenvalue weighted by Gasteiger charge is -2.10. The number of nitrogens with zero attached hydrogens (tertiary/aromatic N) is 2. The number of fused-ring (bicyclic) bond motifs is 1. The molecule has 0 saturated heterocycles. The highest BCUT2D eigenvalue weighted by Gasteiger charge is 2.14. The van der Waals surface area contributed by atoms with Gasteiger partial charge in [0.15, 0.2) is 5.13 Å². The maximum Gasteiger partial charge on any atom is 0.270 e. The van der Waals surface area contributed by atoms with E-state index in [9.17, 15) is 14.9 Å². The zero-order valence-electron chi connectivity index (χ0n) is 12.9. The number of amides is 1. The lowest BCUT2D eigenvalue weighted by molar-refractivity contribution is -0.384. The fraction of sp³-hybridized carbons (Fsp3) is 0.176. The number of hydrogen-bond acceptors (Lipinski definition) is 5. The number of hydrogen-bond donors (Lipinski definition) is 1. The predicted molar refractivity (Wildman–Crippen MR) is 94.4 cm³/mol. The molecule has 0 radical (unpaired) electrons. The Labute approximate surface area is 142 Å². The third-order valence-electron chi connectivity index (χ3n) is 3.69. The molecule has 0 fully saturated rings. The van der Waals surface area contributed by atoms with Crippen LogP contribution in [0, 0.1) is 10.1 Å². The molecule has 3 aromatic rings. The topological polar surface area (TPSA) is 85.1 Å². The minimum absolute atomic E-state index is 0.0155. The number of non-ortho nitro benzene ring substituents is 1. The van der Waals surface area contributed by atoms with Crippen LogP contribution in [0.15, 0.2) is 48.5 Å². The minimum atomic E-state index is -0.445. The highest BCUT2D eigenvalue weighted by molar-refractivity contribution is 7.22. The molecule has 24 heavy (non-hydrogen) atoms. The van der Waals surface area contributed by atoms with Crippen LogP contribution in [0.1, 0.15) is 24.8 Å². The number of nitro benzene ring substituents is 1. The number of anilines is 1. The molecule has 7 heteroatoms. The third-order valence-corrected chi connectivity index (χ3v) is 4.62. The predicted octanol–water partition coefficient (Wildman–Crippen LogP) is 4.34. The van der Waals surface area contributed by atoms with Crippen LogP contribution in [-0.4, -0.2) is 15.8 Å².